The number of phenolic OH excluding ortho intramolecular Hbond substituents is 1. The molecule has 0 radical (unpaired) electrons. The number of hydrazone groups is 1. The van der Waals surface area contributed by atoms with Crippen molar-refractivity contribution in [3.8, 4) is 11.5 Å². The van der Waals surface area contributed by atoms with Crippen LogP contribution in [-0.2, 0) is 0 Å². The van der Waals surface area contributed by atoms with Crippen molar-refractivity contribution >= 4 is 28.4 Å². The number of aromatic hydroxyl groups is 1. The SMILES string of the molecule is COc1cc(/C=N\Nc2nc(C)c(C)s2)cc([N+](=O)[O-])c1O. The molecule has 0 saturated carbocycles. The van der Waals surface area contributed by atoms with Gasteiger partial charge in [-0.25, -0.2) is 4.98 Å². The van der Waals surface area contributed by atoms with Crippen molar-refractivity contribution in [1.82, 2.24) is 4.98 Å². The second-order valence-corrected chi connectivity index (χ2v) is 5.58. The van der Waals surface area contributed by atoms with E-state index in [1.165, 1.54) is 36.8 Å². The lowest BCUT2D eigenvalue weighted by molar-refractivity contribution is -0.386. The van der Waals surface area contributed by atoms with Gasteiger partial charge in [-0.05, 0) is 19.9 Å². The summed E-state index contributed by atoms with van der Waals surface area (Å²) in [5, 5.41) is 25.2. The van der Waals surface area contributed by atoms with Crippen LogP contribution in [0.15, 0.2) is 17.2 Å². The zero-order valence-electron chi connectivity index (χ0n) is 12.2. The van der Waals surface area contributed by atoms with E-state index in [0.29, 0.717) is 10.7 Å². The molecule has 0 atom stereocenters. The van der Waals surface area contributed by atoms with E-state index < -0.39 is 16.4 Å². The Labute approximate surface area is 130 Å². The van der Waals surface area contributed by atoms with Crippen LogP contribution in [0.2, 0.25) is 0 Å². The van der Waals surface area contributed by atoms with Gasteiger partial charge in [0.2, 0.25) is 10.9 Å². The average molecular weight is 322 g/mol. The summed E-state index contributed by atoms with van der Waals surface area (Å²) in [6.07, 6.45) is 1.39. The molecule has 0 unspecified atom stereocenters. The number of aromatic nitrogens is 1. The summed E-state index contributed by atoms with van der Waals surface area (Å²) in [4.78, 5) is 15.6. The first-order chi connectivity index (χ1) is 10.4. The highest BCUT2D eigenvalue weighted by Crippen LogP contribution is 2.36. The molecule has 9 heteroatoms. The van der Waals surface area contributed by atoms with Gasteiger partial charge in [0.25, 0.3) is 0 Å². The van der Waals surface area contributed by atoms with Gasteiger partial charge in [-0.1, -0.05) is 0 Å². The van der Waals surface area contributed by atoms with Crippen molar-refractivity contribution in [1.29, 1.82) is 0 Å². The van der Waals surface area contributed by atoms with Gasteiger partial charge in [-0.15, -0.1) is 11.3 Å². The molecule has 8 nitrogen and oxygen atoms in total. The summed E-state index contributed by atoms with van der Waals surface area (Å²) in [5.41, 5.74) is 3.65. The molecule has 1 aromatic carbocycles. The van der Waals surface area contributed by atoms with Crippen LogP contribution in [-0.4, -0.2) is 28.3 Å². The molecule has 0 amide bonds. The maximum atomic E-state index is 10.9. The van der Waals surface area contributed by atoms with E-state index in [9.17, 15) is 15.2 Å². The number of hydrogen-bond donors (Lipinski definition) is 2. The summed E-state index contributed by atoms with van der Waals surface area (Å²) in [6, 6.07) is 2.66. The van der Waals surface area contributed by atoms with Crippen molar-refractivity contribution in [2.24, 2.45) is 5.10 Å². The molecule has 0 fully saturated rings. The highest BCUT2D eigenvalue weighted by atomic mass is 32.1. The van der Waals surface area contributed by atoms with Crippen LogP contribution in [0.1, 0.15) is 16.1 Å². The van der Waals surface area contributed by atoms with Gasteiger partial charge < -0.3 is 9.84 Å². The molecular formula is C13H14N4O4S. The Kier molecular flexibility index (Phi) is 4.56. The molecule has 0 saturated heterocycles. The number of nitrogens with zero attached hydrogens (tertiary/aromatic N) is 3. The number of phenols is 1. The van der Waals surface area contributed by atoms with Crippen molar-refractivity contribution in [3.63, 3.8) is 0 Å². The van der Waals surface area contributed by atoms with Crippen molar-refractivity contribution in [3.05, 3.63) is 38.4 Å². The summed E-state index contributed by atoms with van der Waals surface area (Å²) in [5.74, 6) is -0.500. The number of nitro benzene ring substituents is 1. The standard InChI is InChI=1S/C13H14N4O4S/c1-7-8(2)22-13(15-7)16-14-6-9-4-10(17(19)20)12(18)11(5-9)21-3/h4-6,18H,1-3H3,(H,15,16)/b14-6-. The minimum Gasteiger partial charge on any atom is -0.500 e. The molecule has 0 aliphatic heterocycles. The summed E-state index contributed by atoms with van der Waals surface area (Å²) < 4.78 is 4.91. The quantitative estimate of drug-likeness (QED) is 0.497. The van der Waals surface area contributed by atoms with Gasteiger partial charge >= 0.3 is 5.69 Å². The van der Waals surface area contributed by atoms with Crippen LogP contribution in [0.5, 0.6) is 11.5 Å². The monoisotopic (exact) mass is 322 g/mol. The normalized spacial score (nSPS) is 10.9. The first-order valence-electron chi connectivity index (χ1n) is 6.21. The van der Waals surface area contributed by atoms with Crippen LogP contribution in [0.25, 0.3) is 0 Å². The van der Waals surface area contributed by atoms with E-state index in [1.54, 1.807) is 0 Å². The number of aryl methyl sites for hydroxylation is 2. The number of benzene rings is 1. The predicted octanol–water partition coefficient (Wildman–Crippen LogP) is 2.83. The third-order valence-electron chi connectivity index (χ3n) is 2.90. The van der Waals surface area contributed by atoms with Gasteiger partial charge in [0, 0.05) is 16.5 Å². The molecule has 0 aliphatic rings. The molecule has 2 aromatic rings. The van der Waals surface area contributed by atoms with E-state index in [1.807, 2.05) is 13.8 Å². The summed E-state index contributed by atoms with van der Waals surface area (Å²) in [7, 11) is 1.32. The number of rotatable bonds is 5. The zero-order valence-corrected chi connectivity index (χ0v) is 13.0. The Morgan fingerprint density at radius 1 is 1.50 bits per heavy atom. The minimum atomic E-state index is -0.684. The molecule has 0 spiro atoms. The Bertz CT molecular complexity index is 722. The third kappa shape index (κ3) is 3.31. The van der Waals surface area contributed by atoms with Crippen molar-refractivity contribution < 1.29 is 14.8 Å². The average Bonchev–Trinajstić information content (AvgIpc) is 2.78. The Morgan fingerprint density at radius 3 is 2.77 bits per heavy atom. The number of nitro groups is 1. The topological polar surface area (TPSA) is 110 Å². The van der Waals surface area contributed by atoms with Gasteiger partial charge in [-0.3, -0.25) is 15.5 Å². The number of hydrogen-bond acceptors (Lipinski definition) is 8. The molecule has 116 valence electrons. The van der Waals surface area contributed by atoms with Gasteiger partial charge in [0.05, 0.1) is 23.9 Å². The van der Waals surface area contributed by atoms with Crippen molar-refractivity contribution in [2.45, 2.75) is 13.8 Å². The Morgan fingerprint density at radius 2 is 2.23 bits per heavy atom. The van der Waals surface area contributed by atoms with E-state index in [4.69, 9.17) is 4.74 Å². The number of thiazole rings is 1. The number of ether oxygens (including phenoxy) is 1. The number of anilines is 1. The highest BCUT2D eigenvalue weighted by Gasteiger charge is 2.19. The lowest BCUT2D eigenvalue weighted by atomic mass is 10.2. The smallest absolute Gasteiger partial charge is 0.315 e. The van der Waals surface area contributed by atoms with Gasteiger partial charge in [-0.2, -0.15) is 5.10 Å². The fourth-order valence-corrected chi connectivity index (χ4v) is 2.43. The minimum absolute atomic E-state index is 0.0107. The van der Waals surface area contributed by atoms with E-state index in [-0.39, 0.29) is 5.75 Å². The first kappa shape index (κ1) is 15.7. The molecule has 1 aromatic heterocycles. The van der Waals surface area contributed by atoms with E-state index >= 15 is 0 Å². The van der Waals surface area contributed by atoms with Crippen LogP contribution < -0.4 is 10.2 Å². The molecule has 1 heterocycles. The molecule has 0 aliphatic carbocycles. The lowest BCUT2D eigenvalue weighted by Gasteiger charge is -2.04. The summed E-state index contributed by atoms with van der Waals surface area (Å²) >= 11 is 1.46. The van der Waals surface area contributed by atoms with Crippen LogP contribution in [0.4, 0.5) is 10.8 Å². The Balaban J connectivity index is 2.23. The van der Waals surface area contributed by atoms with Crippen LogP contribution >= 0.6 is 11.3 Å². The number of nitrogens with one attached hydrogen (secondary N) is 1. The van der Waals surface area contributed by atoms with E-state index in [2.05, 4.69) is 15.5 Å². The highest BCUT2D eigenvalue weighted by molar-refractivity contribution is 7.15. The Hall–Kier alpha value is -2.68. The molecule has 0 bridgehead atoms. The molecule has 2 N–H and O–H groups in total. The number of methoxy groups -OCH3 is 1. The maximum Gasteiger partial charge on any atom is 0.315 e. The first-order valence-corrected chi connectivity index (χ1v) is 7.02. The second-order valence-electron chi connectivity index (χ2n) is 4.38. The van der Waals surface area contributed by atoms with E-state index in [0.717, 1.165) is 10.6 Å². The van der Waals surface area contributed by atoms with Gasteiger partial charge in [0.15, 0.2) is 5.75 Å². The fourth-order valence-electron chi connectivity index (χ4n) is 1.67. The zero-order chi connectivity index (χ0) is 16.3. The van der Waals surface area contributed by atoms with Crippen LogP contribution in [0.3, 0.4) is 0 Å². The molecule has 2 rings (SSSR count). The lowest BCUT2D eigenvalue weighted by Crippen LogP contribution is -1.96. The molecule has 22 heavy (non-hydrogen) atoms. The van der Waals surface area contributed by atoms with Crippen molar-refractivity contribution in [2.75, 3.05) is 12.5 Å². The predicted molar refractivity (Wildman–Crippen MR) is 84.1 cm³/mol. The second kappa shape index (κ2) is 6.39. The summed E-state index contributed by atoms with van der Waals surface area (Å²) in [6.45, 7) is 3.85. The fraction of sp³-hybridized carbons (Fsp3) is 0.231. The van der Waals surface area contributed by atoms with Gasteiger partial charge in [0.1, 0.15) is 0 Å². The molecular weight excluding hydrogens is 308 g/mol. The maximum absolute atomic E-state index is 10.9. The van der Waals surface area contributed by atoms with Crippen LogP contribution in [0, 0.1) is 24.0 Å². The third-order valence-corrected chi connectivity index (χ3v) is 3.87. The largest absolute Gasteiger partial charge is 0.500 e.